The van der Waals surface area contributed by atoms with E-state index < -0.39 is 0 Å². The van der Waals surface area contributed by atoms with Gasteiger partial charge in [-0.15, -0.1) is 0 Å². The van der Waals surface area contributed by atoms with Crippen molar-refractivity contribution in [2.45, 2.75) is 19.5 Å². The summed E-state index contributed by atoms with van der Waals surface area (Å²) >= 11 is 0. The van der Waals surface area contributed by atoms with Crippen LogP contribution in [0, 0.1) is 17.2 Å². The maximum absolute atomic E-state index is 8.99. The van der Waals surface area contributed by atoms with Crippen molar-refractivity contribution in [3.63, 3.8) is 0 Å². The van der Waals surface area contributed by atoms with Gasteiger partial charge < -0.3 is 0 Å². The lowest BCUT2D eigenvalue weighted by atomic mass is 10.1. The third-order valence-electron chi connectivity index (χ3n) is 2.58. The molecule has 1 fully saturated rings. The van der Waals surface area contributed by atoms with Crippen molar-refractivity contribution < 1.29 is 0 Å². The van der Waals surface area contributed by atoms with Crippen LogP contribution in [-0.2, 0) is 0 Å². The molecule has 0 N–H and O–H groups in total. The molecule has 2 unspecified atom stereocenters. The van der Waals surface area contributed by atoms with E-state index in [1.54, 1.807) is 6.21 Å². The van der Waals surface area contributed by atoms with Crippen molar-refractivity contribution in [1.82, 2.24) is 10.0 Å². The topological polar surface area (TPSA) is 42.6 Å². The summed E-state index contributed by atoms with van der Waals surface area (Å²) in [5.41, 5.74) is 0. The van der Waals surface area contributed by atoms with Gasteiger partial charge in [0.15, 0.2) is 6.17 Å². The molecule has 0 bridgehead atoms. The van der Waals surface area contributed by atoms with Crippen molar-refractivity contribution in [1.29, 1.82) is 5.26 Å². The number of fused-ring (bicyclic) bond motifs is 1. The van der Waals surface area contributed by atoms with Crippen molar-refractivity contribution in [3.05, 3.63) is 12.3 Å². The standard InChI is InChI=1S/C10H14N4/c1-2-5-13-8-9(7-11)10-12-4-3-6-14(10)13/h3-4,6,9-10H,2,5,8H2,1H3. The highest BCUT2D eigenvalue weighted by molar-refractivity contribution is 5.72. The average Bonchev–Trinajstić information content (AvgIpc) is 2.58. The number of nitrogens with zero attached hydrogens (tertiary/aromatic N) is 4. The second-order valence-corrected chi connectivity index (χ2v) is 3.58. The molecule has 2 aliphatic rings. The Morgan fingerprint density at radius 2 is 2.50 bits per heavy atom. The van der Waals surface area contributed by atoms with Crippen LogP contribution in [0.5, 0.6) is 0 Å². The Morgan fingerprint density at radius 1 is 1.64 bits per heavy atom. The number of hydrogen-bond acceptors (Lipinski definition) is 4. The smallest absolute Gasteiger partial charge is 0.152 e. The van der Waals surface area contributed by atoms with Gasteiger partial charge in [0.1, 0.15) is 5.92 Å². The zero-order valence-corrected chi connectivity index (χ0v) is 8.30. The molecule has 14 heavy (non-hydrogen) atoms. The molecule has 0 aromatic heterocycles. The van der Waals surface area contributed by atoms with E-state index in [2.05, 4.69) is 28.0 Å². The van der Waals surface area contributed by atoms with E-state index in [1.165, 1.54) is 0 Å². The summed E-state index contributed by atoms with van der Waals surface area (Å²) in [6.07, 6.45) is 6.81. The van der Waals surface area contributed by atoms with E-state index >= 15 is 0 Å². The molecule has 2 heterocycles. The van der Waals surface area contributed by atoms with Crippen LogP contribution in [0.4, 0.5) is 0 Å². The third kappa shape index (κ3) is 1.40. The minimum atomic E-state index is 0.00255. The van der Waals surface area contributed by atoms with E-state index in [0.717, 1.165) is 19.5 Å². The van der Waals surface area contributed by atoms with Crippen molar-refractivity contribution in [3.8, 4) is 6.07 Å². The third-order valence-corrected chi connectivity index (χ3v) is 2.58. The summed E-state index contributed by atoms with van der Waals surface area (Å²) in [6.45, 7) is 3.94. The summed E-state index contributed by atoms with van der Waals surface area (Å²) in [5, 5.41) is 13.3. The Balaban J connectivity index is 2.15. The van der Waals surface area contributed by atoms with Crippen LogP contribution >= 0.6 is 0 Å². The van der Waals surface area contributed by atoms with Crippen LogP contribution in [0.1, 0.15) is 13.3 Å². The van der Waals surface area contributed by atoms with E-state index in [9.17, 15) is 0 Å². The molecule has 0 aliphatic carbocycles. The van der Waals surface area contributed by atoms with Crippen LogP contribution in [0.25, 0.3) is 0 Å². The average molecular weight is 190 g/mol. The zero-order chi connectivity index (χ0) is 9.97. The van der Waals surface area contributed by atoms with E-state index in [4.69, 9.17) is 5.26 Å². The highest BCUT2D eigenvalue weighted by atomic mass is 15.7. The van der Waals surface area contributed by atoms with Crippen molar-refractivity contribution in [2.24, 2.45) is 10.9 Å². The van der Waals surface area contributed by atoms with Crippen LogP contribution in [0.3, 0.4) is 0 Å². The summed E-state index contributed by atoms with van der Waals surface area (Å²) in [4.78, 5) is 4.33. The Labute approximate surface area is 84.1 Å². The van der Waals surface area contributed by atoms with Gasteiger partial charge >= 0.3 is 0 Å². The second-order valence-electron chi connectivity index (χ2n) is 3.58. The predicted octanol–water partition coefficient (Wildman–Crippen LogP) is 0.993. The molecule has 74 valence electrons. The first-order valence-corrected chi connectivity index (χ1v) is 4.99. The van der Waals surface area contributed by atoms with E-state index in [1.807, 2.05) is 12.3 Å². The summed E-state index contributed by atoms with van der Waals surface area (Å²) in [7, 11) is 0. The monoisotopic (exact) mass is 190 g/mol. The molecule has 0 saturated carbocycles. The quantitative estimate of drug-likeness (QED) is 0.652. The van der Waals surface area contributed by atoms with Gasteiger partial charge in [-0.1, -0.05) is 6.92 Å². The lowest BCUT2D eigenvalue weighted by Gasteiger charge is -2.30. The Kier molecular flexibility index (Phi) is 2.51. The second kappa shape index (κ2) is 3.81. The van der Waals surface area contributed by atoms with Crippen molar-refractivity contribution in [2.75, 3.05) is 13.1 Å². The molecule has 2 atom stereocenters. The number of rotatable bonds is 2. The fourth-order valence-electron chi connectivity index (χ4n) is 1.96. The first kappa shape index (κ1) is 9.22. The maximum Gasteiger partial charge on any atom is 0.152 e. The number of hydrazine groups is 1. The molecule has 4 nitrogen and oxygen atoms in total. The summed E-state index contributed by atoms with van der Waals surface area (Å²) in [5.74, 6) is 0.00255. The number of nitriles is 1. The first-order valence-electron chi connectivity index (χ1n) is 4.99. The molecule has 2 aliphatic heterocycles. The lowest BCUT2D eigenvalue weighted by molar-refractivity contribution is 0.0508. The van der Waals surface area contributed by atoms with Gasteiger partial charge in [-0.05, 0) is 12.5 Å². The lowest BCUT2D eigenvalue weighted by Crippen LogP contribution is -2.38. The normalized spacial score (nSPS) is 30.4. The summed E-state index contributed by atoms with van der Waals surface area (Å²) < 4.78 is 0. The SMILES string of the molecule is CCCN1CC(C#N)C2N=CC=CN21. The van der Waals surface area contributed by atoms with Crippen molar-refractivity contribution >= 4 is 6.21 Å². The van der Waals surface area contributed by atoms with Gasteiger partial charge in [0.05, 0.1) is 6.07 Å². The molecule has 2 rings (SSSR count). The Bertz CT molecular complexity index is 302. The Morgan fingerprint density at radius 3 is 3.21 bits per heavy atom. The molecule has 0 spiro atoms. The zero-order valence-electron chi connectivity index (χ0n) is 8.30. The van der Waals surface area contributed by atoms with Gasteiger partial charge in [-0.2, -0.15) is 5.26 Å². The minimum Gasteiger partial charge on any atom is -0.287 e. The van der Waals surface area contributed by atoms with Crippen LogP contribution in [0.15, 0.2) is 17.3 Å². The number of hydrogen-bond donors (Lipinski definition) is 0. The van der Waals surface area contributed by atoms with Gasteiger partial charge in [-0.3, -0.25) is 10.0 Å². The minimum absolute atomic E-state index is 0.00255. The fourth-order valence-corrected chi connectivity index (χ4v) is 1.96. The van der Waals surface area contributed by atoms with E-state index in [-0.39, 0.29) is 12.1 Å². The highest BCUT2D eigenvalue weighted by Crippen LogP contribution is 2.26. The van der Waals surface area contributed by atoms with Gasteiger partial charge in [-0.25, -0.2) is 5.01 Å². The molecule has 0 amide bonds. The van der Waals surface area contributed by atoms with Crippen LogP contribution in [-0.4, -0.2) is 35.5 Å². The molecule has 0 radical (unpaired) electrons. The molecule has 1 saturated heterocycles. The van der Waals surface area contributed by atoms with Gasteiger partial charge in [0.25, 0.3) is 0 Å². The Hall–Kier alpha value is -1.34. The van der Waals surface area contributed by atoms with Crippen LogP contribution < -0.4 is 0 Å². The van der Waals surface area contributed by atoms with Gasteiger partial charge in [0, 0.05) is 25.5 Å². The molecule has 0 aromatic carbocycles. The summed E-state index contributed by atoms with van der Waals surface area (Å²) in [6, 6.07) is 2.32. The largest absolute Gasteiger partial charge is 0.287 e. The van der Waals surface area contributed by atoms with E-state index in [0.29, 0.717) is 0 Å². The number of aliphatic imine (C=N–C) groups is 1. The fraction of sp³-hybridized carbons (Fsp3) is 0.600. The predicted molar refractivity (Wildman–Crippen MR) is 54.2 cm³/mol. The first-order chi connectivity index (χ1) is 6.86. The number of allylic oxidation sites excluding steroid dienone is 1. The van der Waals surface area contributed by atoms with Crippen LogP contribution in [0.2, 0.25) is 0 Å². The van der Waals surface area contributed by atoms with Gasteiger partial charge in [0.2, 0.25) is 0 Å². The molecule has 0 aromatic rings. The maximum atomic E-state index is 8.99. The highest BCUT2D eigenvalue weighted by Gasteiger charge is 2.38. The molecular formula is C10H14N4. The molecule has 4 heteroatoms. The molecular weight excluding hydrogens is 176 g/mol.